The quantitative estimate of drug-likeness (QED) is 0.229. The molecule has 0 unspecified atom stereocenters. The highest BCUT2D eigenvalue weighted by molar-refractivity contribution is 6.02. The van der Waals surface area contributed by atoms with Gasteiger partial charge < -0.3 is 20.8 Å². The number of hydrogen-bond acceptors (Lipinski definition) is 12. The monoisotopic (exact) mass is 708 g/mol. The van der Waals surface area contributed by atoms with E-state index in [0.717, 1.165) is 50.8 Å². The summed E-state index contributed by atoms with van der Waals surface area (Å²) in [6.07, 6.45) is 4.07. The Hall–Kier alpha value is -3.38. The van der Waals surface area contributed by atoms with Gasteiger partial charge in [-0.2, -0.15) is 5.21 Å². The number of carbonyl (C=O) groups is 1. The zero-order valence-electron chi connectivity index (χ0n) is 34.9. The summed E-state index contributed by atoms with van der Waals surface area (Å²) >= 11 is 0. The van der Waals surface area contributed by atoms with Crippen LogP contribution in [0.25, 0.3) is 0 Å². The number of carbonyl (C=O) groups excluding carboxylic acids is 1. The van der Waals surface area contributed by atoms with Crippen LogP contribution in [0.15, 0.2) is 20.1 Å². The summed E-state index contributed by atoms with van der Waals surface area (Å²) in [5.41, 5.74) is 0.847. The van der Waals surface area contributed by atoms with Crippen molar-refractivity contribution in [1.82, 2.24) is 36.6 Å². The largest absolute Gasteiger partial charge is 0.374 e. The highest BCUT2D eigenvalue weighted by Gasteiger charge is 2.19. The Morgan fingerprint density at radius 1 is 0.560 bits per heavy atom. The minimum absolute atomic E-state index is 0.237. The number of amidine groups is 3. The lowest BCUT2D eigenvalue weighted by Gasteiger charge is -2.16. The second-order valence-corrected chi connectivity index (χ2v) is 12.4. The topological polar surface area (TPSA) is 166 Å². The fourth-order valence-electron chi connectivity index (χ4n) is 3.88. The molecule has 13 heteroatoms. The van der Waals surface area contributed by atoms with Gasteiger partial charge in [-0.25, -0.2) is 4.79 Å². The summed E-state index contributed by atoms with van der Waals surface area (Å²) in [6, 6.07) is 0. The van der Waals surface area contributed by atoms with Gasteiger partial charge >= 0.3 is 5.97 Å². The molecule has 292 valence electrons. The van der Waals surface area contributed by atoms with Crippen molar-refractivity contribution >= 4 is 29.2 Å². The molecule has 1 aromatic rings. The SMILES string of the molecule is CC.CC.CC.CC(C)C1=NCCCCN1.CC(C)C1=NCCCN1.CC(C)C1=NCCN1.CC(C)C1=NOC(=O)C1.CC(C)c1nn[nH]n1. The molecule has 4 N–H and O–H groups in total. The average Bonchev–Trinajstić information content (AvgIpc) is 3.91. The van der Waals surface area contributed by atoms with Gasteiger partial charge in [0.25, 0.3) is 0 Å². The molecule has 0 aliphatic carbocycles. The van der Waals surface area contributed by atoms with Gasteiger partial charge in [0.1, 0.15) is 0 Å². The third-order valence-corrected chi connectivity index (χ3v) is 6.57. The molecule has 0 saturated carbocycles. The fraction of sp³-hybridized carbons (Fsp3) is 0.838. The van der Waals surface area contributed by atoms with Gasteiger partial charge in [0.05, 0.1) is 36.2 Å². The van der Waals surface area contributed by atoms with Gasteiger partial charge in [-0.1, -0.05) is 121 Å². The van der Waals surface area contributed by atoms with Gasteiger partial charge in [0.2, 0.25) is 0 Å². The standard InChI is InChI=1S/C8H16N2.C7H14N2.C6H12N2.C6H9NO2.C4H8N4.3C2H6/c1-7(2)8-9-5-3-4-6-10-8;1-6(2)7-8-4-3-5-9-7;1-5(2)6-7-3-4-8-6;1-4(2)5-3-6(8)9-7-5;1-3(2)4-5-7-8-6-4;3*1-2/h7H,3-6H2,1-2H3,(H,9,10);6H,3-5H2,1-2H3,(H,8,9);5H,3-4H2,1-2H3,(H,7,8);4H,3H2,1-2H3;3H,1-2H3,(H,5,6,7,8);3*1-2H3. The molecule has 5 heterocycles. The zero-order valence-corrected chi connectivity index (χ0v) is 34.9. The summed E-state index contributed by atoms with van der Waals surface area (Å²) in [5.74, 6) is 6.50. The highest BCUT2D eigenvalue weighted by Crippen LogP contribution is 2.09. The van der Waals surface area contributed by atoms with Crippen LogP contribution in [-0.2, 0) is 9.63 Å². The maximum absolute atomic E-state index is 10.4. The van der Waals surface area contributed by atoms with E-state index in [1.54, 1.807) is 0 Å². The summed E-state index contributed by atoms with van der Waals surface area (Å²) in [4.78, 5) is 27.8. The molecule has 1 aromatic heterocycles. The zero-order chi connectivity index (χ0) is 38.9. The van der Waals surface area contributed by atoms with E-state index in [-0.39, 0.29) is 5.97 Å². The van der Waals surface area contributed by atoms with Crippen LogP contribution >= 0.6 is 0 Å². The van der Waals surface area contributed by atoms with Crippen molar-refractivity contribution in [3.63, 3.8) is 0 Å². The number of H-pyrrole nitrogens is 1. The number of aliphatic imine (C=N–C) groups is 3. The van der Waals surface area contributed by atoms with E-state index in [1.165, 1.54) is 36.8 Å². The van der Waals surface area contributed by atoms with Crippen molar-refractivity contribution in [3.05, 3.63) is 5.82 Å². The van der Waals surface area contributed by atoms with Crippen LogP contribution < -0.4 is 16.0 Å². The molecule has 4 aliphatic heterocycles. The van der Waals surface area contributed by atoms with E-state index >= 15 is 0 Å². The fourth-order valence-corrected chi connectivity index (χ4v) is 3.88. The van der Waals surface area contributed by atoms with E-state index in [9.17, 15) is 4.79 Å². The van der Waals surface area contributed by atoms with Gasteiger partial charge in [0.15, 0.2) is 5.82 Å². The van der Waals surface area contributed by atoms with Crippen LogP contribution in [0.2, 0.25) is 0 Å². The molecule has 0 bridgehead atoms. The van der Waals surface area contributed by atoms with Crippen molar-refractivity contribution in [2.45, 2.75) is 142 Å². The molecule has 0 radical (unpaired) electrons. The smallest absolute Gasteiger partial charge is 0.340 e. The first-order valence-electron chi connectivity index (χ1n) is 19.3. The summed E-state index contributed by atoms with van der Waals surface area (Å²) in [5, 5.41) is 26.7. The summed E-state index contributed by atoms with van der Waals surface area (Å²) in [6.45, 7) is 39.2. The number of nitrogens with one attached hydrogen (secondary N) is 4. The Morgan fingerprint density at radius 2 is 1.02 bits per heavy atom. The number of aromatic amines is 1. The number of tetrazole rings is 1. The molecule has 50 heavy (non-hydrogen) atoms. The second-order valence-electron chi connectivity index (χ2n) is 12.4. The Kier molecular flexibility index (Phi) is 34.8. The predicted molar refractivity (Wildman–Crippen MR) is 215 cm³/mol. The van der Waals surface area contributed by atoms with Crippen LogP contribution in [0.3, 0.4) is 0 Å². The minimum Gasteiger partial charge on any atom is -0.374 e. The third-order valence-electron chi connectivity index (χ3n) is 6.57. The second kappa shape index (κ2) is 34.1. The van der Waals surface area contributed by atoms with Crippen LogP contribution in [-0.4, -0.2) is 89.1 Å². The molecule has 0 fully saturated rings. The molecule has 0 saturated heterocycles. The van der Waals surface area contributed by atoms with Crippen molar-refractivity contribution in [2.24, 2.45) is 43.8 Å². The number of rotatable bonds is 5. The molecule has 4 aliphatic rings. The Labute approximate surface area is 306 Å². The van der Waals surface area contributed by atoms with Gasteiger partial charge in [-0.05, 0) is 25.2 Å². The molecule has 13 nitrogen and oxygen atoms in total. The molecule has 0 aromatic carbocycles. The van der Waals surface area contributed by atoms with Crippen LogP contribution in [0.1, 0.15) is 148 Å². The van der Waals surface area contributed by atoms with Crippen molar-refractivity contribution in [1.29, 1.82) is 0 Å². The number of aromatic nitrogens is 4. The first kappa shape index (κ1) is 51.0. The highest BCUT2D eigenvalue weighted by atomic mass is 16.7. The van der Waals surface area contributed by atoms with E-state index in [1.807, 2.05) is 69.2 Å². The number of hydrogen-bond donors (Lipinski definition) is 4. The Morgan fingerprint density at radius 3 is 1.32 bits per heavy atom. The molecular weight excluding hydrogens is 630 g/mol. The maximum Gasteiger partial charge on any atom is 0.340 e. The predicted octanol–water partition coefficient (Wildman–Crippen LogP) is 7.45. The van der Waals surface area contributed by atoms with Crippen LogP contribution in [0, 0.1) is 23.7 Å². The van der Waals surface area contributed by atoms with Gasteiger partial charge in [0, 0.05) is 56.4 Å². The van der Waals surface area contributed by atoms with Crippen molar-refractivity contribution in [3.8, 4) is 0 Å². The lowest BCUT2D eigenvalue weighted by atomic mass is 10.1. The average molecular weight is 708 g/mol. The van der Waals surface area contributed by atoms with Gasteiger partial charge in [-0.15, -0.1) is 10.2 Å². The Bertz CT molecular complexity index is 1030. The maximum atomic E-state index is 10.4. The molecule has 0 amide bonds. The molecule has 5 rings (SSSR count). The normalized spacial score (nSPS) is 15.7. The first-order valence-corrected chi connectivity index (χ1v) is 19.3. The molecule has 0 spiro atoms. The van der Waals surface area contributed by atoms with E-state index in [2.05, 4.69) is 103 Å². The first-order chi connectivity index (χ1) is 23.9. The van der Waals surface area contributed by atoms with Crippen molar-refractivity contribution < 1.29 is 9.63 Å². The van der Waals surface area contributed by atoms with E-state index in [4.69, 9.17) is 0 Å². The van der Waals surface area contributed by atoms with E-state index in [0.29, 0.717) is 36.0 Å². The summed E-state index contributed by atoms with van der Waals surface area (Å²) in [7, 11) is 0. The number of nitrogens with zero attached hydrogens (tertiary/aromatic N) is 7. The van der Waals surface area contributed by atoms with Gasteiger partial charge in [-0.3, -0.25) is 15.0 Å². The number of oxime groups is 1. The Balaban J connectivity index is -0.000000532. The minimum atomic E-state index is -0.237. The summed E-state index contributed by atoms with van der Waals surface area (Å²) < 4.78 is 0. The van der Waals surface area contributed by atoms with Crippen LogP contribution in [0.4, 0.5) is 0 Å². The van der Waals surface area contributed by atoms with Crippen LogP contribution in [0.5, 0.6) is 0 Å². The molecular formula is C37H77N11O2. The lowest BCUT2D eigenvalue weighted by molar-refractivity contribution is -0.140. The third kappa shape index (κ3) is 26.5. The molecule has 0 atom stereocenters. The van der Waals surface area contributed by atoms with Crippen molar-refractivity contribution in [2.75, 3.05) is 39.3 Å². The van der Waals surface area contributed by atoms with E-state index < -0.39 is 0 Å². The lowest BCUT2D eigenvalue weighted by Crippen LogP contribution is -2.32.